The Balaban J connectivity index is 2.20. The summed E-state index contributed by atoms with van der Waals surface area (Å²) in [6, 6.07) is 3.44. The predicted octanol–water partition coefficient (Wildman–Crippen LogP) is 2.99. The molecule has 1 aliphatic rings. The van der Waals surface area contributed by atoms with Gasteiger partial charge in [-0.15, -0.1) is 0 Å². The summed E-state index contributed by atoms with van der Waals surface area (Å²) in [5, 5.41) is 3.70. The SMILES string of the molecule is CCCC1CN(c2cncc(C)c2)C(C(C)C)CN1. The van der Waals surface area contributed by atoms with Crippen LogP contribution >= 0.6 is 0 Å². The highest BCUT2D eigenvalue weighted by atomic mass is 15.2. The Hall–Kier alpha value is -1.09. The van der Waals surface area contributed by atoms with Crippen LogP contribution in [0.2, 0.25) is 0 Å². The van der Waals surface area contributed by atoms with Gasteiger partial charge in [0.05, 0.1) is 11.9 Å². The van der Waals surface area contributed by atoms with Gasteiger partial charge < -0.3 is 10.2 Å². The van der Waals surface area contributed by atoms with E-state index in [2.05, 4.69) is 49.0 Å². The Morgan fingerprint density at radius 2 is 2.21 bits per heavy atom. The smallest absolute Gasteiger partial charge is 0.0558 e. The minimum absolute atomic E-state index is 0.566. The molecule has 1 aliphatic heterocycles. The lowest BCUT2D eigenvalue weighted by Crippen LogP contribution is -2.58. The topological polar surface area (TPSA) is 28.2 Å². The number of aromatic nitrogens is 1. The summed E-state index contributed by atoms with van der Waals surface area (Å²) < 4.78 is 0. The molecule has 2 unspecified atom stereocenters. The molecule has 1 saturated heterocycles. The fraction of sp³-hybridized carbons (Fsp3) is 0.688. The third kappa shape index (κ3) is 3.47. The third-order valence-corrected chi connectivity index (χ3v) is 4.03. The number of hydrogen-bond acceptors (Lipinski definition) is 3. The van der Waals surface area contributed by atoms with Gasteiger partial charge in [0.25, 0.3) is 0 Å². The lowest BCUT2D eigenvalue weighted by atomic mass is 9.96. The number of pyridine rings is 1. The van der Waals surface area contributed by atoms with E-state index < -0.39 is 0 Å². The van der Waals surface area contributed by atoms with Crippen molar-refractivity contribution in [2.24, 2.45) is 5.92 Å². The van der Waals surface area contributed by atoms with Crippen LogP contribution in [-0.2, 0) is 0 Å². The molecular formula is C16H27N3. The molecule has 3 heteroatoms. The van der Waals surface area contributed by atoms with E-state index in [9.17, 15) is 0 Å². The van der Waals surface area contributed by atoms with Crippen molar-refractivity contribution in [2.45, 2.75) is 52.6 Å². The van der Waals surface area contributed by atoms with Crippen LogP contribution in [0, 0.1) is 12.8 Å². The zero-order valence-electron chi connectivity index (χ0n) is 12.7. The first-order valence-corrected chi connectivity index (χ1v) is 7.53. The molecule has 2 rings (SSSR count). The van der Waals surface area contributed by atoms with E-state index >= 15 is 0 Å². The maximum absolute atomic E-state index is 4.36. The van der Waals surface area contributed by atoms with Gasteiger partial charge in [0.15, 0.2) is 0 Å². The van der Waals surface area contributed by atoms with E-state index in [4.69, 9.17) is 0 Å². The second kappa shape index (κ2) is 6.38. The lowest BCUT2D eigenvalue weighted by molar-refractivity contribution is 0.327. The van der Waals surface area contributed by atoms with Gasteiger partial charge in [0.2, 0.25) is 0 Å². The van der Waals surface area contributed by atoms with E-state index in [1.165, 1.54) is 24.1 Å². The molecule has 1 fully saturated rings. The van der Waals surface area contributed by atoms with Crippen LogP contribution in [-0.4, -0.2) is 30.2 Å². The molecule has 2 atom stereocenters. The molecule has 0 spiro atoms. The van der Waals surface area contributed by atoms with Gasteiger partial charge in [-0.25, -0.2) is 0 Å². The summed E-state index contributed by atoms with van der Waals surface area (Å²) in [7, 11) is 0. The number of nitrogens with one attached hydrogen (secondary N) is 1. The van der Waals surface area contributed by atoms with Gasteiger partial charge >= 0.3 is 0 Å². The first-order chi connectivity index (χ1) is 9.11. The van der Waals surface area contributed by atoms with Crippen LogP contribution < -0.4 is 10.2 Å². The number of rotatable bonds is 4. The van der Waals surface area contributed by atoms with Crippen molar-refractivity contribution >= 4 is 5.69 Å². The van der Waals surface area contributed by atoms with Crippen LogP contribution in [0.25, 0.3) is 0 Å². The standard InChI is InChI=1S/C16H27N3/c1-5-6-14-11-19(16(10-18-14)12(2)3)15-7-13(4)8-17-9-15/h7-9,12,14,16,18H,5-6,10-11H2,1-4H3. The quantitative estimate of drug-likeness (QED) is 0.903. The van der Waals surface area contributed by atoms with Gasteiger partial charge in [-0.2, -0.15) is 0 Å². The number of anilines is 1. The lowest BCUT2D eigenvalue weighted by Gasteiger charge is -2.44. The summed E-state index contributed by atoms with van der Waals surface area (Å²) >= 11 is 0. The monoisotopic (exact) mass is 261 g/mol. The Labute approximate surface area is 117 Å². The Bertz CT molecular complexity index is 403. The molecule has 19 heavy (non-hydrogen) atoms. The van der Waals surface area contributed by atoms with Crippen LogP contribution in [0.3, 0.4) is 0 Å². The largest absolute Gasteiger partial charge is 0.364 e. The van der Waals surface area contributed by atoms with Crippen LogP contribution in [0.1, 0.15) is 39.2 Å². The van der Waals surface area contributed by atoms with E-state index in [1.54, 1.807) is 0 Å². The Kier molecular flexibility index (Phi) is 4.81. The van der Waals surface area contributed by atoms with Crippen LogP contribution in [0.4, 0.5) is 5.69 Å². The molecule has 1 aromatic heterocycles. The van der Waals surface area contributed by atoms with Crippen molar-refractivity contribution in [3.8, 4) is 0 Å². The van der Waals surface area contributed by atoms with Gasteiger partial charge in [-0.05, 0) is 30.9 Å². The molecule has 0 radical (unpaired) electrons. The van der Waals surface area contributed by atoms with Crippen LogP contribution in [0.5, 0.6) is 0 Å². The molecule has 0 aliphatic carbocycles. The van der Waals surface area contributed by atoms with E-state index in [1.807, 2.05) is 12.4 Å². The van der Waals surface area contributed by atoms with Gasteiger partial charge in [-0.3, -0.25) is 4.98 Å². The van der Waals surface area contributed by atoms with E-state index in [0.717, 1.165) is 13.1 Å². The number of piperazine rings is 1. The highest BCUT2D eigenvalue weighted by Gasteiger charge is 2.29. The molecule has 3 nitrogen and oxygen atoms in total. The van der Waals surface area contributed by atoms with Crippen molar-refractivity contribution < 1.29 is 0 Å². The molecule has 2 heterocycles. The summed E-state index contributed by atoms with van der Waals surface area (Å²) in [6.07, 6.45) is 6.43. The van der Waals surface area contributed by atoms with Crippen molar-refractivity contribution in [2.75, 3.05) is 18.0 Å². The zero-order chi connectivity index (χ0) is 13.8. The summed E-state index contributed by atoms with van der Waals surface area (Å²) in [4.78, 5) is 6.92. The summed E-state index contributed by atoms with van der Waals surface area (Å²) in [6.45, 7) is 11.2. The van der Waals surface area contributed by atoms with Crippen molar-refractivity contribution in [1.82, 2.24) is 10.3 Å². The number of hydrogen-bond donors (Lipinski definition) is 1. The Morgan fingerprint density at radius 1 is 1.42 bits per heavy atom. The Morgan fingerprint density at radius 3 is 2.84 bits per heavy atom. The highest BCUT2D eigenvalue weighted by molar-refractivity contribution is 5.48. The maximum Gasteiger partial charge on any atom is 0.0558 e. The number of nitrogens with zero attached hydrogens (tertiary/aromatic N) is 2. The second-order valence-corrected chi connectivity index (χ2v) is 6.08. The maximum atomic E-state index is 4.36. The first-order valence-electron chi connectivity index (χ1n) is 7.53. The van der Waals surface area contributed by atoms with Gasteiger partial charge in [0.1, 0.15) is 0 Å². The highest BCUT2D eigenvalue weighted by Crippen LogP contribution is 2.24. The van der Waals surface area contributed by atoms with Crippen molar-refractivity contribution in [3.63, 3.8) is 0 Å². The predicted molar refractivity (Wildman–Crippen MR) is 81.6 cm³/mol. The molecule has 106 valence electrons. The van der Waals surface area contributed by atoms with Crippen molar-refractivity contribution in [1.29, 1.82) is 0 Å². The van der Waals surface area contributed by atoms with E-state index in [0.29, 0.717) is 18.0 Å². The fourth-order valence-electron chi connectivity index (χ4n) is 2.97. The first kappa shape index (κ1) is 14.3. The molecule has 0 bridgehead atoms. The number of aryl methyl sites for hydroxylation is 1. The zero-order valence-corrected chi connectivity index (χ0v) is 12.7. The minimum atomic E-state index is 0.566. The second-order valence-electron chi connectivity index (χ2n) is 6.08. The molecule has 1 N–H and O–H groups in total. The molecule has 0 amide bonds. The average Bonchev–Trinajstić information content (AvgIpc) is 2.39. The molecule has 0 saturated carbocycles. The van der Waals surface area contributed by atoms with Crippen molar-refractivity contribution in [3.05, 3.63) is 24.0 Å². The molecular weight excluding hydrogens is 234 g/mol. The van der Waals surface area contributed by atoms with Gasteiger partial charge in [-0.1, -0.05) is 27.2 Å². The third-order valence-electron chi connectivity index (χ3n) is 4.03. The molecule has 1 aromatic rings. The fourth-order valence-corrected chi connectivity index (χ4v) is 2.97. The van der Waals surface area contributed by atoms with Gasteiger partial charge in [0, 0.05) is 31.4 Å². The summed E-state index contributed by atoms with van der Waals surface area (Å²) in [5.74, 6) is 0.649. The van der Waals surface area contributed by atoms with Crippen LogP contribution in [0.15, 0.2) is 18.5 Å². The average molecular weight is 261 g/mol. The molecule has 0 aromatic carbocycles. The normalized spacial score (nSPS) is 23.9. The van der Waals surface area contributed by atoms with E-state index in [-0.39, 0.29) is 0 Å². The minimum Gasteiger partial charge on any atom is -0.364 e. The summed E-state index contributed by atoms with van der Waals surface area (Å²) in [5.41, 5.74) is 2.52.